The van der Waals surface area contributed by atoms with Crippen molar-refractivity contribution < 1.29 is 14.3 Å². The van der Waals surface area contributed by atoms with E-state index in [9.17, 15) is 9.59 Å². The number of ether oxygens (including phenoxy) is 1. The fourth-order valence-electron chi connectivity index (χ4n) is 2.71. The molecule has 0 aliphatic carbocycles. The number of nitrogens with one attached hydrogen (secondary N) is 2. The zero-order valence-electron chi connectivity index (χ0n) is 14.3. The van der Waals surface area contributed by atoms with Crippen LogP contribution in [0.1, 0.15) is 29.6 Å². The molecule has 1 saturated heterocycles. The van der Waals surface area contributed by atoms with E-state index in [1.54, 1.807) is 31.4 Å². The molecule has 2 N–H and O–H groups in total. The standard InChI is InChI=1S/C18H27N3O3/c1-24-16-7-5-15(6-8-16)17(22)3-2-4-18(23)20-11-14-21-12-9-19-10-13-21/h5-8,19H,2-4,9-14H2,1H3,(H,20,23). The van der Waals surface area contributed by atoms with Gasteiger partial charge in [-0.15, -0.1) is 0 Å². The summed E-state index contributed by atoms with van der Waals surface area (Å²) in [6.07, 6.45) is 1.35. The molecule has 1 aromatic carbocycles. The molecule has 0 radical (unpaired) electrons. The predicted octanol–water partition coefficient (Wildman–Crippen LogP) is 1.07. The molecule has 0 atom stereocenters. The minimum atomic E-state index is 0.0210. The maximum Gasteiger partial charge on any atom is 0.220 e. The van der Waals surface area contributed by atoms with Crippen LogP contribution in [0.25, 0.3) is 0 Å². The number of rotatable bonds is 9. The van der Waals surface area contributed by atoms with Gasteiger partial charge < -0.3 is 15.4 Å². The van der Waals surface area contributed by atoms with E-state index >= 15 is 0 Å². The molecule has 1 fully saturated rings. The molecule has 0 saturated carbocycles. The topological polar surface area (TPSA) is 70.7 Å². The smallest absolute Gasteiger partial charge is 0.220 e. The Morgan fingerprint density at radius 3 is 2.54 bits per heavy atom. The van der Waals surface area contributed by atoms with Crippen LogP contribution < -0.4 is 15.4 Å². The molecule has 24 heavy (non-hydrogen) atoms. The van der Waals surface area contributed by atoms with Gasteiger partial charge in [0.15, 0.2) is 5.78 Å². The number of methoxy groups -OCH3 is 1. The Morgan fingerprint density at radius 1 is 1.17 bits per heavy atom. The maximum atomic E-state index is 12.1. The number of hydrogen-bond acceptors (Lipinski definition) is 5. The normalized spacial score (nSPS) is 15.0. The minimum Gasteiger partial charge on any atom is -0.497 e. The zero-order chi connectivity index (χ0) is 17.2. The number of Topliss-reactive ketones (excluding diaryl/α,β-unsaturated/α-hetero) is 1. The molecular formula is C18H27N3O3. The van der Waals surface area contributed by atoms with Gasteiger partial charge in [-0.25, -0.2) is 0 Å². The van der Waals surface area contributed by atoms with Gasteiger partial charge in [-0.1, -0.05) is 0 Å². The van der Waals surface area contributed by atoms with Gasteiger partial charge >= 0.3 is 0 Å². The van der Waals surface area contributed by atoms with Gasteiger partial charge in [0.05, 0.1) is 7.11 Å². The molecule has 0 unspecified atom stereocenters. The van der Waals surface area contributed by atoms with Gasteiger partial charge in [0.2, 0.25) is 5.91 Å². The lowest BCUT2D eigenvalue weighted by molar-refractivity contribution is -0.121. The van der Waals surface area contributed by atoms with Crippen LogP contribution in [0.5, 0.6) is 5.75 Å². The highest BCUT2D eigenvalue weighted by Gasteiger charge is 2.10. The van der Waals surface area contributed by atoms with Crippen molar-refractivity contribution in [2.45, 2.75) is 19.3 Å². The van der Waals surface area contributed by atoms with E-state index < -0.39 is 0 Å². The summed E-state index contributed by atoms with van der Waals surface area (Å²) in [5, 5.41) is 6.23. The average Bonchev–Trinajstić information content (AvgIpc) is 2.62. The van der Waals surface area contributed by atoms with Gasteiger partial charge in [-0.3, -0.25) is 14.5 Å². The van der Waals surface area contributed by atoms with Crippen molar-refractivity contribution in [3.63, 3.8) is 0 Å². The molecule has 2 rings (SSSR count). The van der Waals surface area contributed by atoms with Crippen molar-refractivity contribution >= 4 is 11.7 Å². The summed E-state index contributed by atoms with van der Waals surface area (Å²) in [6.45, 7) is 5.66. The summed E-state index contributed by atoms with van der Waals surface area (Å²) in [6, 6.07) is 7.07. The first-order valence-corrected chi connectivity index (χ1v) is 8.56. The van der Waals surface area contributed by atoms with Crippen LogP contribution in [0.2, 0.25) is 0 Å². The summed E-state index contributed by atoms with van der Waals surface area (Å²) in [5.74, 6) is 0.814. The average molecular weight is 333 g/mol. The predicted molar refractivity (Wildman–Crippen MR) is 93.5 cm³/mol. The highest BCUT2D eigenvalue weighted by Crippen LogP contribution is 2.13. The molecule has 0 bridgehead atoms. The molecule has 6 heteroatoms. The SMILES string of the molecule is COc1ccc(C(=O)CCCC(=O)NCCN2CCNCC2)cc1. The van der Waals surface area contributed by atoms with Gasteiger partial charge in [0, 0.05) is 57.7 Å². The second-order valence-corrected chi connectivity index (χ2v) is 5.95. The Bertz CT molecular complexity index is 525. The Hall–Kier alpha value is -1.92. The third kappa shape index (κ3) is 6.29. The van der Waals surface area contributed by atoms with Crippen LogP contribution in [0.4, 0.5) is 0 Å². The molecule has 1 aromatic rings. The number of carbonyl (C=O) groups excluding carboxylic acids is 2. The summed E-state index contributed by atoms with van der Waals surface area (Å²) in [5.41, 5.74) is 0.662. The van der Waals surface area contributed by atoms with E-state index in [4.69, 9.17) is 4.74 Å². The first-order valence-electron chi connectivity index (χ1n) is 8.56. The van der Waals surface area contributed by atoms with Crippen molar-refractivity contribution in [3.05, 3.63) is 29.8 Å². The first-order chi connectivity index (χ1) is 11.7. The van der Waals surface area contributed by atoms with Crippen LogP contribution in [0, 0.1) is 0 Å². The second kappa shape index (κ2) is 10.1. The van der Waals surface area contributed by atoms with Crippen molar-refractivity contribution in [3.8, 4) is 5.75 Å². The molecule has 1 aliphatic heterocycles. The molecule has 1 aliphatic rings. The Balaban J connectivity index is 1.58. The Labute approximate surface area is 143 Å². The molecular weight excluding hydrogens is 306 g/mol. The van der Waals surface area contributed by atoms with Crippen LogP contribution in [0.3, 0.4) is 0 Å². The summed E-state index contributed by atoms with van der Waals surface area (Å²) in [7, 11) is 1.59. The Morgan fingerprint density at radius 2 is 1.88 bits per heavy atom. The lowest BCUT2D eigenvalue weighted by atomic mass is 10.1. The number of hydrogen-bond donors (Lipinski definition) is 2. The number of benzene rings is 1. The summed E-state index contributed by atoms with van der Waals surface area (Å²) < 4.78 is 5.07. The van der Waals surface area contributed by atoms with E-state index in [1.165, 1.54) is 0 Å². The zero-order valence-corrected chi connectivity index (χ0v) is 14.3. The Kier molecular flexibility index (Phi) is 7.71. The third-order valence-corrected chi connectivity index (χ3v) is 4.18. The van der Waals surface area contributed by atoms with Crippen LogP contribution in [0.15, 0.2) is 24.3 Å². The van der Waals surface area contributed by atoms with Crippen LogP contribution in [-0.4, -0.2) is 63.0 Å². The quantitative estimate of drug-likeness (QED) is 0.662. The maximum absolute atomic E-state index is 12.1. The fourth-order valence-corrected chi connectivity index (χ4v) is 2.71. The van der Waals surface area contributed by atoms with Crippen molar-refractivity contribution in [1.82, 2.24) is 15.5 Å². The van der Waals surface area contributed by atoms with E-state index in [0.717, 1.165) is 38.5 Å². The molecule has 1 amide bonds. The largest absolute Gasteiger partial charge is 0.497 e. The number of ketones is 1. The monoisotopic (exact) mass is 333 g/mol. The van der Waals surface area contributed by atoms with Crippen LogP contribution >= 0.6 is 0 Å². The van der Waals surface area contributed by atoms with E-state index in [0.29, 0.717) is 31.4 Å². The molecule has 0 spiro atoms. The number of piperazine rings is 1. The molecule has 0 aromatic heterocycles. The van der Waals surface area contributed by atoms with Crippen molar-refractivity contribution in [2.24, 2.45) is 0 Å². The molecule has 1 heterocycles. The summed E-state index contributed by atoms with van der Waals surface area (Å²) in [4.78, 5) is 26.2. The van der Waals surface area contributed by atoms with Gasteiger partial charge in [-0.05, 0) is 30.7 Å². The number of carbonyl (C=O) groups is 2. The van der Waals surface area contributed by atoms with Crippen molar-refractivity contribution in [2.75, 3.05) is 46.4 Å². The van der Waals surface area contributed by atoms with Gasteiger partial charge in [0.25, 0.3) is 0 Å². The number of nitrogens with zero attached hydrogens (tertiary/aromatic N) is 1. The van der Waals surface area contributed by atoms with E-state index in [1.807, 2.05) is 0 Å². The highest BCUT2D eigenvalue weighted by molar-refractivity contribution is 5.96. The number of amides is 1. The van der Waals surface area contributed by atoms with E-state index in [2.05, 4.69) is 15.5 Å². The minimum absolute atomic E-state index is 0.0210. The van der Waals surface area contributed by atoms with Gasteiger partial charge in [0.1, 0.15) is 5.75 Å². The third-order valence-electron chi connectivity index (χ3n) is 4.18. The summed E-state index contributed by atoms with van der Waals surface area (Å²) >= 11 is 0. The molecule has 132 valence electrons. The van der Waals surface area contributed by atoms with E-state index in [-0.39, 0.29) is 11.7 Å². The molecule has 6 nitrogen and oxygen atoms in total. The van der Waals surface area contributed by atoms with Crippen molar-refractivity contribution in [1.29, 1.82) is 0 Å². The lowest BCUT2D eigenvalue weighted by Gasteiger charge is -2.27. The van der Waals surface area contributed by atoms with Crippen LogP contribution in [-0.2, 0) is 4.79 Å². The van der Waals surface area contributed by atoms with Gasteiger partial charge in [-0.2, -0.15) is 0 Å². The second-order valence-electron chi connectivity index (χ2n) is 5.95. The first kappa shape index (κ1) is 18.4. The lowest BCUT2D eigenvalue weighted by Crippen LogP contribution is -2.46. The highest BCUT2D eigenvalue weighted by atomic mass is 16.5. The fraction of sp³-hybridized carbons (Fsp3) is 0.556.